The minimum Gasteiger partial charge on any atom is -0.326 e. The zero-order chi connectivity index (χ0) is 9.35. The maximum Gasteiger partial charge on any atom is 0.224 e. The van der Waals surface area contributed by atoms with Gasteiger partial charge in [-0.25, -0.2) is 0 Å². The van der Waals surface area contributed by atoms with Gasteiger partial charge in [-0.1, -0.05) is 5.92 Å². The van der Waals surface area contributed by atoms with Crippen LogP contribution in [-0.2, 0) is 4.79 Å². The molecule has 3 heteroatoms. The molecule has 1 rings (SSSR count). The molecule has 0 saturated carbocycles. The van der Waals surface area contributed by atoms with E-state index < -0.39 is 5.54 Å². The standard InChI is InChI=1S/C9H13NOS/c1-4-9(2,3)10-6-7(12)5-8(10)11/h1,7,12H,5-6H2,2-3H3. The highest BCUT2D eigenvalue weighted by atomic mass is 32.1. The molecule has 66 valence electrons. The van der Waals surface area contributed by atoms with Crippen LogP contribution >= 0.6 is 12.6 Å². The SMILES string of the molecule is C#CC(C)(C)N1CC(S)CC1=O. The Morgan fingerprint density at radius 3 is 2.67 bits per heavy atom. The first-order chi connectivity index (χ1) is 5.47. The minimum atomic E-state index is -0.464. The quantitative estimate of drug-likeness (QED) is 0.473. The molecule has 0 aromatic heterocycles. The maximum absolute atomic E-state index is 11.4. The van der Waals surface area contributed by atoms with E-state index in [4.69, 9.17) is 6.42 Å². The van der Waals surface area contributed by atoms with Gasteiger partial charge in [0.1, 0.15) is 0 Å². The van der Waals surface area contributed by atoms with E-state index in [9.17, 15) is 4.79 Å². The molecule has 12 heavy (non-hydrogen) atoms. The van der Waals surface area contributed by atoms with E-state index in [1.807, 2.05) is 13.8 Å². The van der Waals surface area contributed by atoms with Crippen molar-refractivity contribution in [2.45, 2.75) is 31.1 Å². The smallest absolute Gasteiger partial charge is 0.224 e. The third-order valence-corrected chi connectivity index (χ3v) is 2.48. The molecule has 1 amide bonds. The second-order valence-corrected chi connectivity index (χ2v) is 4.30. The van der Waals surface area contributed by atoms with Gasteiger partial charge in [0.2, 0.25) is 5.91 Å². The lowest BCUT2D eigenvalue weighted by atomic mass is 10.1. The molecule has 1 saturated heterocycles. The van der Waals surface area contributed by atoms with Crippen LogP contribution in [0.2, 0.25) is 0 Å². The van der Waals surface area contributed by atoms with E-state index in [-0.39, 0.29) is 11.2 Å². The van der Waals surface area contributed by atoms with E-state index in [1.165, 1.54) is 0 Å². The van der Waals surface area contributed by atoms with E-state index >= 15 is 0 Å². The van der Waals surface area contributed by atoms with Crippen molar-refractivity contribution in [1.29, 1.82) is 0 Å². The highest BCUT2D eigenvalue weighted by Gasteiger charge is 2.36. The van der Waals surface area contributed by atoms with Gasteiger partial charge in [-0.15, -0.1) is 6.42 Å². The average molecular weight is 183 g/mol. The first kappa shape index (κ1) is 9.47. The highest BCUT2D eigenvalue weighted by molar-refractivity contribution is 7.81. The van der Waals surface area contributed by atoms with E-state index in [0.717, 1.165) is 0 Å². The summed E-state index contributed by atoms with van der Waals surface area (Å²) in [6.45, 7) is 4.41. The fraction of sp³-hybridized carbons (Fsp3) is 0.667. The lowest BCUT2D eigenvalue weighted by Crippen LogP contribution is -2.43. The number of carbonyl (C=O) groups is 1. The second-order valence-electron chi connectivity index (χ2n) is 3.57. The summed E-state index contributed by atoms with van der Waals surface area (Å²) in [6.07, 6.45) is 5.83. The van der Waals surface area contributed by atoms with Gasteiger partial charge in [-0.3, -0.25) is 4.79 Å². The van der Waals surface area contributed by atoms with Crippen molar-refractivity contribution >= 4 is 18.5 Å². The Kier molecular flexibility index (Phi) is 2.39. The lowest BCUT2D eigenvalue weighted by Gasteiger charge is -2.30. The summed E-state index contributed by atoms with van der Waals surface area (Å²) >= 11 is 4.25. The molecule has 0 aliphatic carbocycles. The number of thiol groups is 1. The summed E-state index contributed by atoms with van der Waals surface area (Å²) in [5, 5.41) is 0.144. The maximum atomic E-state index is 11.4. The summed E-state index contributed by atoms with van der Waals surface area (Å²) in [4.78, 5) is 13.1. The van der Waals surface area contributed by atoms with Crippen molar-refractivity contribution < 1.29 is 4.79 Å². The van der Waals surface area contributed by atoms with Crippen molar-refractivity contribution in [2.24, 2.45) is 0 Å². The number of carbonyl (C=O) groups excluding carboxylic acids is 1. The molecule has 0 spiro atoms. The predicted molar refractivity (Wildman–Crippen MR) is 52.0 cm³/mol. The minimum absolute atomic E-state index is 0.109. The first-order valence-corrected chi connectivity index (χ1v) is 4.45. The van der Waals surface area contributed by atoms with Crippen LogP contribution in [0.5, 0.6) is 0 Å². The van der Waals surface area contributed by atoms with Crippen LogP contribution in [0.4, 0.5) is 0 Å². The number of nitrogens with zero attached hydrogens (tertiary/aromatic N) is 1. The number of amides is 1. The van der Waals surface area contributed by atoms with Crippen LogP contribution in [0.1, 0.15) is 20.3 Å². The Balaban J connectivity index is 2.79. The van der Waals surface area contributed by atoms with Crippen molar-refractivity contribution in [2.75, 3.05) is 6.54 Å². The number of terminal acetylenes is 1. The molecule has 1 fully saturated rings. The van der Waals surface area contributed by atoms with Gasteiger partial charge >= 0.3 is 0 Å². The van der Waals surface area contributed by atoms with Crippen LogP contribution < -0.4 is 0 Å². The Morgan fingerprint density at radius 1 is 1.75 bits per heavy atom. The molecule has 0 radical (unpaired) electrons. The monoisotopic (exact) mass is 183 g/mol. The van der Waals surface area contributed by atoms with Gasteiger partial charge in [0.15, 0.2) is 0 Å². The molecule has 0 bridgehead atoms. The normalized spacial score (nSPS) is 24.3. The number of rotatable bonds is 1. The fourth-order valence-electron chi connectivity index (χ4n) is 1.31. The summed E-state index contributed by atoms with van der Waals surface area (Å²) in [7, 11) is 0. The Labute approximate surface area is 78.7 Å². The molecular formula is C9H13NOS. The van der Waals surface area contributed by atoms with Crippen LogP contribution in [-0.4, -0.2) is 28.1 Å². The molecule has 0 N–H and O–H groups in total. The Bertz CT molecular complexity index is 241. The summed E-state index contributed by atoms with van der Waals surface area (Å²) < 4.78 is 0. The van der Waals surface area contributed by atoms with Crippen molar-refractivity contribution in [3.8, 4) is 12.3 Å². The number of likely N-dealkylation sites (tertiary alicyclic amines) is 1. The van der Waals surface area contributed by atoms with Gasteiger partial charge in [-0.05, 0) is 13.8 Å². The van der Waals surface area contributed by atoms with E-state index in [0.29, 0.717) is 13.0 Å². The first-order valence-electron chi connectivity index (χ1n) is 3.93. The number of hydrogen-bond donors (Lipinski definition) is 1. The van der Waals surface area contributed by atoms with Crippen molar-refractivity contribution in [3.05, 3.63) is 0 Å². The topological polar surface area (TPSA) is 20.3 Å². The van der Waals surface area contributed by atoms with E-state index in [1.54, 1.807) is 4.90 Å². The molecule has 0 aromatic rings. The third kappa shape index (κ3) is 1.59. The van der Waals surface area contributed by atoms with Gasteiger partial charge in [0.25, 0.3) is 0 Å². The van der Waals surface area contributed by atoms with Crippen molar-refractivity contribution in [1.82, 2.24) is 4.90 Å². The van der Waals surface area contributed by atoms with Crippen LogP contribution in [0.15, 0.2) is 0 Å². The van der Waals surface area contributed by atoms with Crippen LogP contribution in [0, 0.1) is 12.3 Å². The highest BCUT2D eigenvalue weighted by Crippen LogP contribution is 2.24. The van der Waals surface area contributed by atoms with Gasteiger partial charge in [0.05, 0.1) is 5.54 Å². The Morgan fingerprint density at radius 2 is 2.33 bits per heavy atom. The third-order valence-electron chi connectivity index (χ3n) is 2.13. The zero-order valence-corrected chi connectivity index (χ0v) is 8.27. The second kappa shape index (κ2) is 3.02. The molecule has 1 atom stereocenters. The average Bonchev–Trinajstić information content (AvgIpc) is 2.31. The lowest BCUT2D eigenvalue weighted by molar-refractivity contribution is -0.130. The molecule has 1 aliphatic heterocycles. The fourth-order valence-corrected chi connectivity index (χ4v) is 1.63. The van der Waals surface area contributed by atoms with Crippen molar-refractivity contribution in [3.63, 3.8) is 0 Å². The molecule has 1 unspecified atom stereocenters. The Hall–Kier alpha value is -0.620. The number of hydrogen-bond acceptors (Lipinski definition) is 2. The van der Waals surface area contributed by atoms with Crippen LogP contribution in [0.3, 0.4) is 0 Å². The van der Waals surface area contributed by atoms with Gasteiger partial charge in [-0.2, -0.15) is 12.6 Å². The van der Waals surface area contributed by atoms with Gasteiger partial charge in [0, 0.05) is 18.2 Å². The molecule has 1 aliphatic rings. The molecular weight excluding hydrogens is 170 g/mol. The summed E-state index contributed by atoms with van der Waals surface area (Å²) in [5.74, 6) is 2.71. The van der Waals surface area contributed by atoms with E-state index in [2.05, 4.69) is 18.5 Å². The van der Waals surface area contributed by atoms with Crippen LogP contribution in [0.25, 0.3) is 0 Å². The largest absolute Gasteiger partial charge is 0.326 e. The molecule has 2 nitrogen and oxygen atoms in total. The zero-order valence-electron chi connectivity index (χ0n) is 7.37. The van der Waals surface area contributed by atoms with Gasteiger partial charge < -0.3 is 4.90 Å². The predicted octanol–water partition coefficient (Wildman–Crippen LogP) is 0.929. The molecule has 1 heterocycles. The summed E-state index contributed by atoms with van der Waals surface area (Å²) in [5.41, 5.74) is -0.464. The summed E-state index contributed by atoms with van der Waals surface area (Å²) in [6, 6.07) is 0. The molecule has 0 aromatic carbocycles.